The summed E-state index contributed by atoms with van der Waals surface area (Å²) in [7, 11) is -3.45. The number of fused-ring (bicyclic) bond motifs is 1. The molecule has 4 rings (SSSR count). The van der Waals surface area contributed by atoms with Crippen LogP contribution in [0.5, 0.6) is 0 Å². The molecule has 1 fully saturated rings. The summed E-state index contributed by atoms with van der Waals surface area (Å²) in [6, 6.07) is 14.0. The first-order valence-corrected chi connectivity index (χ1v) is 9.41. The Bertz CT molecular complexity index is 1050. The maximum atomic E-state index is 12.7. The van der Waals surface area contributed by atoms with Gasteiger partial charge in [0.25, 0.3) is 0 Å². The number of nitrogens with one attached hydrogen (secondary N) is 1. The van der Waals surface area contributed by atoms with Gasteiger partial charge in [-0.2, -0.15) is 4.31 Å². The van der Waals surface area contributed by atoms with Gasteiger partial charge in [0.05, 0.1) is 10.4 Å². The van der Waals surface area contributed by atoms with Crippen LogP contribution < -0.4 is 10.7 Å². The molecule has 8 heteroatoms. The van der Waals surface area contributed by atoms with E-state index >= 15 is 0 Å². The molecule has 130 valence electrons. The molecule has 7 nitrogen and oxygen atoms in total. The predicted molar refractivity (Wildman–Crippen MR) is 94.2 cm³/mol. The average molecular weight is 359 g/mol. The number of nitrogens with zero attached hydrogens (tertiary/aromatic N) is 2. The number of oxazole rings is 1. The lowest BCUT2D eigenvalue weighted by atomic mass is 10.2. The van der Waals surface area contributed by atoms with E-state index in [2.05, 4.69) is 9.88 Å². The molecule has 1 N–H and O–H groups in total. The van der Waals surface area contributed by atoms with Gasteiger partial charge in [-0.05, 0) is 30.3 Å². The minimum absolute atomic E-state index is 0.320. The lowest BCUT2D eigenvalue weighted by molar-refractivity contribution is 0.385. The van der Waals surface area contributed by atoms with Crippen LogP contribution in [0.25, 0.3) is 11.1 Å². The van der Waals surface area contributed by atoms with Crippen molar-refractivity contribution in [2.45, 2.75) is 4.90 Å². The number of aromatic amines is 1. The molecule has 0 radical (unpaired) electrons. The Kier molecular flexibility index (Phi) is 3.85. The normalized spacial score (nSPS) is 16.4. The van der Waals surface area contributed by atoms with E-state index < -0.39 is 15.8 Å². The molecule has 0 bridgehead atoms. The second kappa shape index (κ2) is 6.05. The third-order valence-corrected chi connectivity index (χ3v) is 6.30. The molecule has 0 amide bonds. The Labute approximate surface area is 144 Å². The summed E-state index contributed by atoms with van der Waals surface area (Å²) in [5.74, 6) is -0.481. The summed E-state index contributed by atoms with van der Waals surface area (Å²) >= 11 is 0. The molecular formula is C17H17N3O4S. The first-order valence-electron chi connectivity index (χ1n) is 7.97. The number of piperazine rings is 1. The van der Waals surface area contributed by atoms with Gasteiger partial charge < -0.3 is 9.32 Å². The second-order valence-corrected chi connectivity index (χ2v) is 7.84. The van der Waals surface area contributed by atoms with Gasteiger partial charge in [-0.25, -0.2) is 13.2 Å². The van der Waals surface area contributed by atoms with Crippen molar-refractivity contribution in [2.75, 3.05) is 31.1 Å². The van der Waals surface area contributed by atoms with E-state index in [0.29, 0.717) is 42.2 Å². The largest absolute Gasteiger partial charge is 0.417 e. The van der Waals surface area contributed by atoms with E-state index in [1.54, 1.807) is 36.4 Å². The Hall–Kier alpha value is -2.58. The van der Waals surface area contributed by atoms with Crippen molar-refractivity contribution in [2.24, 2.45) is 0 Å². The number of hydrogen-bond donors (Lipinski definition) is 1. The standard InChI is InChI=1S/C17H17N3O4S/c21-17-18-15-12-13(6-7-16(15)24-17)19-8-10-20(11-9-19)25(22,23)14-4-2-1-3-5-14/h1-7,12H,8-11H2,(H,18,21). The Morgan fingerprint density at radius 2 is 1.68 bits per heavy atom. The molecule has 0 spiro atoms. The number of hydrogen-bond acceptors (Lipinski definition) is 5. The van der Waals surface area contributed by atoms with E-state index in [1.165, 1.54) is 4.31 Å². The van der Waals surface area contributed by atoms with Gasteiger partial charge in [0.15, 0.2) is 5.58 Å². The molecule has 1 saturated heterocycles. The fraction of sp³-hybridized carbons (Fsp3) is 0.235. The van der Waals surface area contributed by atoms with Crippen molar-refractivity contribution >= 4 is 26.8 Å². The molecule has 1 aliphatic heterocycles. The van der Waals surface area contributed by atoms with Crippen LogP contribution in [0.1, 0.15) is 0 Å². The van der Waals surface area contributed by atoms with Crippen LogP contribution in [-0.2, 0) is 10.0 Å². The topological polar surface area (TPSA) is 86.6 Å². The van der Waals surface area contributed by atoms with E-state index in [9.17, 15) is 13.2 Å². The third-order valence-electron chi connectivity index (χ3n) is 4.39. The molecule has 0 aliphatic carbocycles. The molecule has 2 aromatic carbocycles. The van der Waals surface area contributed by atoms with E-state index in [1.807, 2.05) is 12.1 Å². The average Bonchev–Trinajstić information content (AvgIpc) is 3.01. The molecule has 3 aromatic rings. The summed E-state index contributed by atoms with van der Waals surface area (Å²) in [5, 5.41) is 0. The quantitative estimate of drug-likeness (QED) is 0.768. The van der Waals surface area contributed by atoms with Crippen molar-refractivity contribution < 1.29 is 12.8 Å². The van der Waals surface area contributed by atoms with Crippen molar-refractivity contribution in [1.29, 1.82) is 0 Å². The zero-order chi connectivity index (χ0) is 17.4. The van der Waals surface area contributed by atoms with Crippen LogP contribution in [0.2, 0.25) is 0 Å². The summed E-state index contributed by atoms with van der Waals surface area (Å²) in [4.78, 5) is 16.3. The van der Waals surface area contributed by atoms with Crippen molar-refractivity contribution in [3.63, 3.8) is 0 Å². The summed E-state index contributed by atoms with van der Waals surface area (Å²) in [6.07, 6.45) is 0. The Morgan fingerprint density at radius 3 is 2.40 bits per heavy atom. The van der Waals surface area contributed by atoms with E-state index in [-0.39, 0.29) is 0 Å². The van der Waals surface area contributed by atoms with Gasteiger partial charge in [0, 0.05) is 31.9 Å². The first-order chi connectivity index (χ1) is 12.0. The van der Waals surface area contributed by atoms with Gasteiger partial charge in [-0.15, -0.1) is 0 Å². The first kappa shape index (κ1) is 15.9. The van der Waals surface area contributed by atoms with Crippen LogP contribution in [0.4, 0.5) is 5.69 Å². The van der Waals surface area contributed by atoms with Crippen LogP contribution in [0, 0.1) is 0 Å². The Morgan fingerprint density at radius 1 is 0.960 bits per heavy atom. The van der Waals surface area contributed by atoms with Gasteiger partial charge in [-0.3, -0.25) is 4.98 Å². The van der Waals surface area contributed by atoms with Gasteiger partial charge in [-0.1, -0.05) is 18.2 Å². The van der Waals surface area contributed by atoms with Crippen LogP contribution in [0.3, 0.4) is 0 Å². The minimum atomic E-state index is -3.45. The summed E-state index contributed by atoms with van der Waals surface area (Å²) in [5.41, 5.74) is 2.09. The lowest BCUT2D eigenvalue weighted by Crippen LogP contribution is -2.48. The van der Waals surface area contributed by atoms with Crippen molar-refractivity contribution in [3.05, 3.63) is 59.1 Å². The van der Waals surface area contributed by atoms with Crippen molar-refractivity contribution in [3.8, 4) is 0 Å². The molecule has 0 saturated carbocycles. The Balaban J connectivity index is 1.51. The predicted octanol–water partition coefficient (Wildman–Crippen LogP) is 1.63. The molecule has 0 unspecified atom stereocenters. The maximum absolute atomic E-state index is 12.7. The van der Waals surface area contributed by atoms with Crippen LogP contribution in [0.15, 0.2) is 62.6 Å². The van der Waals surface area contributed by atoms with E-state index in [4.69, 9.17) is 4.42 Å². The number of H-pyrrole nitrogens is 1. The fourth-order valence-corrected chi connectivity index (χ4v) is 4.51. The monoisotopic (exact) mass is 359 g/mol. The second-order valence-electron chi connectivity index (χ2n) is 5.90. The highest BCUT2D eigenvalue weighted by atomic mass is 32.2. The molecule has 1 aliphatic rings. The molecule has 25 heavy (non-hydrogen) atoms. The SMILES string of the molecule is O=c1[nH]c2cc(N3CCN(S(=O)(=O)c4ccccc4)CC3)ccc2o1. The molecule has 1 aromatic heterocycles. The highest BCUT2D eigenvalue weighted by Gasteiger charge is 2.28. The highest BCUT2D eigenvalue weighted by molar-refractivity contribution is 7.89. The number of anilines is 1. The highest BCUT2D eigenvalue weighted by Crippen LogP contribution is 2.23. The number of benzene rings is 2. The zero-order valence-corrected chi connectivity index (χ0v) is 14.2. The molecular weight excluding hydrogens is 342 g/mol. The van der Waals surface area contributed by atoms with Gasteiger partial charge >= 0.3 is 5.76 Å². The van der Waals surface area contributed by atoms with Crippen LogP contribution in [-0.4, -0.2) is 43.9 Å². The fourth-order valence-electron chi connectivity index (χ4n) is 3.06. The van der Waals surface area contributed by atoms with Gasteiger partial charge in [0.1, 0.15) is 0 Å². The van der Waals surface area contributed by atoms with Gasteiger partial charge in [0.2, 0.25) is 10.0 Å². The third kappa shape index (κ3) is 2.94. The lowest BCUT2D eigenvalue weighted by Gasteiger charge is -2.35. The van der Waals surface area contributed by atoms with E-state index in [0.717, 1.165) is 5.69 Å². The zero-order valence-electron chi connectivity index (χ0n) is 13.4. The van der Waals surface area contributed by atoms with Crippen LogP contribution >= 0.6 is 0 Å². The number of aromatic nitrogens is 1. The minimum Gasteiger partial charge on any atom is -0.408 e. The summed E-state index contributed by atoms with van der Waals surface area (Å²) in [6.45, 7) is 1.99. The number of sulfonamides is 1. The smallest absolute Gasteiger partial charge is 0.408 e. The van der Waals surface area contributed by atoms with Crippen molar-refractivity contribution in [1.82, 2.24) is 9.29 Å². The maximum Gasteiger partial charge on any atom is 0.417 e. The summed E-state index contributed by atoms with van der Waals surface area (Å²) < 4.78 is 31.8. The number of rotatable bonds is 3. The molecule has 2 heterocycles. The molecule has 0 atom stereocenters.